The number of sulfonamides is 1. The lowest BCUT2D eigenvalue weighted by molar-refractivity contribution is 0.139. The number of benzene rings is 1. The van der Waals surface area contributed by atoms with Gasteiger partial charge in [-0.15, -0.1) is 0 Å². The molecule has 0 aliphatic carbocycles. The molecular formula is C19H30N2O3S. The highest BCUT2D eigenvalue weighted by atomic mass is 32.2. The molecule has 2 aliphatic rings. The summed E-state index contributed by atoms with van der Waals surface area (Å²) in [5.74, 6) is 2.35. The van der Waals surface area contributed by atoms with Crippen molar-refractivity contribution < 1.29 is 13.2 Å². The van der Waals surface area contributed by atoms with Crippen LogP contribution in [0.4, 0.5) is 0 Å². The van der Waals surface area contributed by atoms with Crippen LogP contribution in [0.1, 0.15) is 38.7 Å². The topological polar surface area (TPSA) is 58.6 Å². The number of hydrogen-bond acceptors (Lipinski definition) is 4. The lowest BCUT2D eigenvalue weighted by Gasteiger charge is -2.34. The summed E-state index contributed by atoms with van der Waals surface area (Å²) in [5.41, 5.74) is 0.983. The minimum Gasteiger partial charge on any atom is -0.493 e. The van der Waals surface area contributed by atoms with Crippen molar-refractivity contribution in [3.8, 4) is 5.75 Å². The molecule has 0 aromatic heterocycles. The Labute approximate surface area is 151 Å². The third-order valence-corrected chi connectivity index (χ3v) is 6.57. The zero-order chi connectivity index (χ0) is 17.9. The molecule has 2 heterocycles. The van der Waals surface area contributed by atoms with E-state index in [2.05, 4.69) is 23.5 Å². The maximum atomic E-state index is 12.4. The molecule has 0 amide bonds. The first-order valence-electron chi connectivity index (χ1n) is 9.42. The predicted octanol–water partition coefficient (Wildman–Crippen LogP) is 2.66. The van der Waals surface area contributed by atoms with Gasteiger partial charge in [-0.2, -0.15) is 0 Å². The first-order chi connectivity index (χ1) is 11.9. The largest absolute Gasteiger partial charge is 0.493 e. The summed E-state index contributed by atoms with van der Waals surface area (Å²) >= 11 is 0. The van der Waals surface area contributed by atoms with Gasteiger partial charge in [-0.1, -0.05) is 13.8 Å². The molecule has 0 radical (unpaired) electrons. The van der Waals surface area contributed by atoms with E-state index in [1.54, 1.807) is 18.2 Å². The van der Waals surface area contributed by atoms with Crippen molar-refractivity contribution >= 4 is 10.0 Å². The van der Waals surface area contributed by atoms with E-state index < -0.39 is 10.0 Å². The van der Waals surface area contributed by atoms with Crippen LogP contribution in [0.2, 0.25) is 0 Å². The number of likely N-dealkylation sites (tertiary alicyclic amines) is 1. The van der Waals surface area contributed by atoms with E-state index in [-0.39, 0.29) is 0 Å². The Kier molecular flexibility index (Phi) is 6.02. The summed E-state index contributed by atoms with van der Waals surface area (Å²) in [6, 6.07) is 5.12. The maximum Gasteiger partial charge on any atom is 0.240 e. The van der Waals surface area contributed by atoms with Crippen molar-refractivity contribution in [2.24, 2.45) is 11.8 Å². The second-order valence-electron chi connectivity index (χ2n) is 7.68. The minimum atomic E-state index is -3.42. The van der Waals surface area contributed by atoms with Gasteiger partial charge in [-0.3, -0.25) is 0 Å². The highest BCUT2D eigenvalue weighted by Crippen LogP contribution is 2.27. The smallest absolute Gasteiger partial charge is 0.240 e. The average Bonchev–Trinajstić information content (AvgIpc) is 3.01. The molecule has 25 heavy (non-hydrogen) atoms. The fraction of sp³-hybridized carbons (Fsp3) is 0.684. The molecule has 6 heteroatoms. The van der Waals surface area contributed by atoms with Crippen LogP contribution in [0.5, 0.6) is 5.75 Å². The van der Waals surface area contributed by atoms with Crippen LogP contribution >= 0.6 is 0 Å². The lowest BCUT2D eigenvalue weighted by atomic mass is 9.92. The molecule has 1 aromatic carbocycles. The lowest BCUT2D eigenvalue weighted by Crippen LogP contribution is -2.39. The fourth-order valence-electron chi connectivity index (χ4n) is 4.05. The molecule has 1 saturated heterocycles. The molecule has 0 spiro atoms. The number of rotatable bonds is 7. The second kappa shape index (κ2) is 8.06. The molecular weight excluding hydrogens is 336 g/mol. The zero-order valence-corrected chi connectivity index (χ0v) is 16.1. The molecule has 2 aliphatic heterocycles. The Hall–Kier alpha value is -1.11. The predicted molar refractivity (Wildman–Crippen MR) is 99.4 cm³/mol. The summed E-state index contributed by atoms with van der Waals surface area (Å²) in [7, 11) is -3.42. The molecule has 3 rings (SSSR count). The van der Waals surface area contributed by atoms with Crippen molar-refractivity contribution in [3.63, 3.8) is 0 Å². The summed E-state index contributed by atoms with van der Waals surface area (Å²) in [4.78, 5) is 2.86. The second-order valence-corrected chi connectivity index (χ2v) is 9.45. The van der Waals surface area contributed by atoms with Gasteiger partial charge in [-0.25, -0.2) is 13.1 Å². The molecule has 1 fully saturated rings. The van der Waals surface area contributed by atoms with E-state index in [9.17, 15) is 8.42 Å². The number of fused-ring (bicyclic) bond motifs is 1. The van der Waals surface area contributed by atoms with E-state index in [4.69, 9.17) is 4.74 Å². The van der Waals surface area contributed by atoms with E-state index in [1.807, 2.05) is 0 Å². The van der Waals surface area contributed by atoms with Crippen molar-refractivity contribution in [3.05, 3.63) is 23.8 Å². The Morgan fingerprint density at radius 2 is 1.96 bits per heavy atom. The number of nitrogens with zero attached hydrogens (tertiary/aromatic N) is 1. The molecule has 5 nitrogen and oxygen atoms in total. The summed E-state index contributed by atoms with van der Waals surface area (Å²) in [6.07, 6.45) is 4.00. The van der Waals surface area contributed by atoms with Gasteiger partial charge in [0.25, 0.3) is 0 Å². The van der Waals surface area contributed by atoms with Gasteiger partial charge in [0.15, 0.2) is 0 Å². The van der Waals surface area contributed by atoms with Gasteiger partial charge < -0.3 is 9.64 Å². The zero-order valence-electron chi connectivity index (χ0n) is 15.3. The van der Waals surface area contributed by atoms with Crippen LogP contribution in [0, 0.1) is 11.8 Å². The van der Waals surface area contributed by atoms with Crippen molar-refractivity contribution in [1.82, 2.24) is 9.62 Å². The molecule has 2 atom stereocenters. The van der Waals surface area contributed by atoms with E-state index >= 15 is 0 Å². The SMILES string of the molecule is C[C@H]1C[C@H](C)CN(CCCCNS(=O)(=O)c2ccc3c(c2)CCO3)C1. The third kappa shape index (κ3) is 4.96. The van der Waals surface area contributed by atoms with E-state index in [0.29, 0.717) is 18.0 Å². The maximum absolute atomic E-state index is 12.4. The number of piperidine rings is 1. The first kappa shape index (κ1) is 18.7. The normalized spacial score (nSPS) is 24.1. The van der Waals surface area contributed by atoms with Crippen molar-refractivity contribution in [2.45, 2.75) is 44.4 Å². The van der Waals surface area contributed by atoms with Gasteiger partial charge in [0.2, 0.25) is 10.0 Å². The summed E-state index contributed by atoms with van der Waals surface area (Å²) < 4.78 is 33.0. The Morgan fingerprint density at radius 1 is 1.20 bits per heavy atom. The Balaban J connectivity index is 1.42. The van der Waals surface area contributed by atoms with Crippen molar-refractivity contribution in [2.75, 3.05) is 32.8 Å². The van der Waals surface area contributed by atoms with Gasteiger partial charge in [0, 0.05) is 26.1 Å². The molecule has 1 aromatic rings. The molecule has 0 saturated carbocycles. The van der Waals surface area contributed by atoms with E-state index in [1.165, 1.54) is 19.5 Å². The van der Waals surface area contributed by atoms with Crippen LogP contribution in [-0.2, 0) is 16.4 Å². The molecule has 0 bridgehead atoms. The van der Waals surface area contributed by atoms with E-state index in [0.717, 1.165) is 49.0 Å². The van der Waals surface area contributed by atoms with Gasteiger partial charge >= 0.3 is 0 Å². The number of hydrogen-bond donors (Lipinski definition) is 1. The van der Waals surface area contributed by atoms with Gasteiger partial charge in [0.1, 0.15) is 5.75 Å². The van der Waals surface area contributed by atoms with Crippen LogP contribution in [0.3, 0.4) is 0 Å². The summed E-state index contributed by atoms with van der Waals surface area (Å²) in [5, 5.41) is 0. The molecule has 140 valence electrons. The quantitative estimate of drug-likeness (QED) is 0.754. The van der Waals surface area contributed by atoms with Crippen LogP contribution in [0.25, 0.3) is 0 Å². The Bertz CT molecular complexity index is 680. The number of unbranched alkanes of at least 4 members (excludes halogenated alkanes) is 1. The van der Waals surface area contributed by atoms with Gasteiger partial charge in [-0.05, 0) is 61.4 Å². The highest BCUT2D eigenvalue weighted by molar-refractivity contribution is 7.89. The summed E-state index contributed by atoms with van der Waals surface area (Å²) in [6.45, 7) is 9.18. The van der Waals surface area contributed by atoms with Crippen molar-refractivity contribution in [1.29, 1.82) is 0 Å². The number of ether oxygens (including phenoxy) is 1. The third-order valence-electron chi connectivity index (χ3n) is 5.11. The van der Waals surface area contributed by atoms with Crippen LogP contribution in [0.15, 0.2) is 23.1 Å². The first-order valence-corrected chi connectivity index (χ1v) is 10.9. The average molecular weight is 367 g/mol. The van der Waals surface area contributed by atoms with Crippen LogP contribution < -0.4 is 9.46 Å². The monoisotopic (exact) mass is 366 g/mol. The highest BCUT2D eigenvalue weighted by Gasteiger charge is 2.21. The van der Waals surface area contributed by atoms with Crippen LogP contribution in [-0.4, -0.2) is 46.1 Å². The molecule has 0 unspecified atom stereocenters. The fourth-order valence-corrected chi connectivity index (χ4v) is 5.18. The minimum absolute atomic E-state index is 0.343. The number of nitrogens with one attached hydrogen (secondary N) is 1. The van der Waals surface area contributed by atoms with Gasteiger partial charge in [0.05, 0.1) is 11.5 Å². The standard InChI is InChI=1S/C19H30N2O3S/c1-15-11-16(2)14-21(13-15)9-4-3-8-20-25(22,23)18-5-6-19-17(12-18)7-10-24-19/h5-6,12,15-16,20H,3-4,7-11,13-14H2,1-2H3/t15-,16-/m0/s1. The molecule has 1 N–H and O–H groups in total. The Morgan fingerprint density at radius 3 is 2.72 bits per heavy atom.